The van der Waals surface area contributed by atoms with Crippen LogP contribution in [0.3, 0.4) is 0 Å². The van der Waals surface area contributed by atoms with Gasteiger partial charge in [0.05, 0.1) is 10.5 Å². The second-order valence-electron chi connectivity index (χ2n) is 7.41. The van der Waals surface area contributed by atoms with Crippen LogP contribution in [0.1, 0.15) is 21.7 Å². The number of carbonyl (C=O) groups excluding carboxylic acids is 2. The summed E-state index contributed by atoms with van der Waals surface area (Å²) in [7, 11) is 0. The van der Waals surface area contributed by atoms with Crippen LogP contribution in [-0.4, -0.2) is 38.7 Å². The number of hydrogen-bond acceptors (Lipinski definition) is 6. The summed E-state index contributed by atoms with van der Waals surface area (Å²) in [5.41, 5.74) is 1.57. The van der Waals surface area contributed by atoms with Crippen molar-refractivity contribution >= 4 is 69.2 Å². The van der Waals surface area contributed by atoms with Crippen LogP contribution < -0.4 is 5.32 Å². The molecular formula is C24H16F2N2O4S3. The second kappa shape index (κ2) is 10.5. The average Bonchev–Trinajstić information content (AvgIpc) is 3.37. The van der Waals surface area contributed by atoms with E-state index in [1.807, 2.05) is 0 Å². The van der Waals surface area contributed by atoms with E-state index in [1.165, 1.54) is 52.6 Å². The second-order valence-corrected chi connectivity index (χ2v) is 10.0. The van der Waals surface area contributed by atoms with E-state index in [0.29, 0.717) is 30.9 Å². The summed E-state index contributed by atoms with van der Waals surface area (Å²) in [4.78, 5) is 38.5. The molecule has 0 radical (unpaired) electrons. The Morgan fingerprint density at radius 3 is 2.40 bits per heavy atom. The number of halogens is 2. The maximum Gasteiger partial charge on any atom is 0.335 e. The molecule has 0 spiro atoms. The number of thioether (sulfide) groups is 1. The fourth-order valence-corrected chi connectivity index (χ4v) is 5.48. The van der Waals surface area contributed by atoms with E-state index in [9.17, 15) is 23.2 Å². The Balaban J connectivity index is 1.38. The fraction of sp³-hybridized carbons (Fsp3) is 0.0833. The van der Waals surface area contributed by atoms with Crippen LogP contribution in [0.5, 0.6) is 0 Å². The van der Waals surface area contributed by atoms with Crippen LogP contribution in [0.15, 0.2) is 58.8 Å². The number of thiocarbonyl (C=S) groups is 1. The summed E-state index contributed by atoms with van der Waals surface area (Å²) in [6.07, 6.45) is 1.65. The summed E-state index contributed by atoms with van der Waals surface area (Å²) < 4.78 is 27.4. The van der Waals surface area contributed by atoms with Gasteiger partial charge in [0.15, 0.2) is 0 Å². The maximum absolute atomic E-state index is 13.5. The predicted octanol–water partition coefficient (Wildman–Crippen LogP) is 5.62. The van der Waals surface area contributed by atoms with Gasteiger partial charge in [-0.15, -0.1) is 11.3 Å². The van der Waals surface area contributed by atoms with Gasteiger partial charge in [0.1, 0.15) is 16.0 Å². The molecule has 1 aromatic heterocycles. The Morgan fingerprint density at radius 2 is 1.74 bits per heavy atom. The van der Waals surface area contributed by atoms with Gasteiger partial charge in [-0.25, -0.2) is 13.6 Å². The number of carboxylic acid groups (broad SMARTS) is 1. The van der Waals surface area contributed by atoms with Gasteiger partial charge in [0, 0.05) is 29.6 Å². The Kier molecular flexibility index (Phi) is 7.39. The molecule has 35 heavy (non-hydrogen) atoms. The summed E-state index contributed by atoms with van der Waals surface area (Å²) in [6, 6.07) is 10.7. The third kappa shape index (κ3) is 5.99. The molecule has 1 saturated heterocycles. The van der Waals surface area contributed by atoms with Crippen LogP contribution in [-0.2, 0) is 9.59 Å². The number of aromatic carboxylic acids is 1. The molecule has 3 aromatic rings. The van der Waals surface area contributed by atoms with Crippen molar-refractivity contribution in [2.75, 3.05) is 11.9 Å². The minimum Gasteiger partial charge on any atom is -0.478 e. The molecule has 2 aromatic carbocycles. The van der Waals surface area contributed by atoms with Crippen molar-refractivity contribution in [2.24, 2.45) is 0 Å². The number of hydrogen-bond donors (Lipinski definition) is 2. The van der Waals surface area contributed by atoms with E-state index in [4.69, 9.17) is 17.3 Å². The van der Waals surface area contributed by atoms with Crippen molar-refractivity contribution in [3.8, 4) is 11.1 Å². The molecular weight excluding hydrogens is 514 g/mol. The third-order valence-corrected chi connectivity index (χ3v) is 7.20. The molecule has 6 nitrogen and oxygen atoms in total. The fourth-order valence-electron chi connectivity index (χ4n) is 3.26. The predicted molar refractivity (Wildman–Crippen MR) is 136 cm³/mol. The zero-order chi connectivity index (χ0) is 25.1. The molecule has 2 amide bonds. The number of benzene rings is 2. The van der Waals surface area contributed by atoms with Crippen LogP contribution >= 0.6 is 35.3 Å². The van der Waals surface area contributed by atoms with Gasteiger partial charge < -0.3 is 10.4 Å². The van der Waals surface area contributed by atoms with Crippen LogP contribution in [0.2, 0.25) is 0 Å². The molecule has 0 unspecified atom stereocenters. The van der Waals surface area contributed by atoms with Gasteiger partial charge in [0.2, 0.25) is 5.91 Å². The molecule has 1 aliphatic rings. The first-order chi connectivity index (χ1) is 16.7. The molecule has 1 aliphatic heterocycles. The standard InChI is InChI=1S/C24H16F2N2O4S3/c25-16-7-14(8-17(26)10-16)15-9-19(34-12-15)11-20-22(30)28(24(33)35-20)6-5-21(29)27-18-3-1-13(2-4-18)23(31)32/h1-4,7-12H,5-6H2,(H,27,29)(H,31,32)/b20-11-. The van der Waals surface area contributed by atoms with E-state index in [1.54, 1.807) is 17.5 Å². The molecule has 0 atom stereocenters. The smallest absolute Gasteiger partial charge is 0.335 e. The number of nitrogens with zero attached hydrogens (tertiary/aromatic N) is 1. The minimum absolute atomic E-state index is 0.00527. The number of rotatable bonds is 7. The average molecular weight is 531 g/mol. The molecule has 11 heteroatoms. The molecule has 2 N–H and O–H groups in total. The van der Waals surface area contributed by atoms with Crippen molar-refractivity contribution < 1.29 is 28.3 Å². The van der Waals surface area contributed by atoms with Gasteiger partial charge in [0.25, 0.3) is 5.91 Å². The molecule has 4 rings (SSSR count). The lowest BCUT2D eigenvalue weighted by Crippen LogP contribution is -2.31. The van der Waals surface area contributed by atoms with Gasteiger partial charge in [-0.1, -0.05) is 24.0 Å². The normalized spacial score (nSPS) is 14.6. The number of amides is 2. The monoisotopic (exact) mass is 530 g/mol. The Labute approximate surface area is 212 Å². The molecule has 1 fully saturated rings. The van der Waals surface area contributed by atoms with Crippen LogP contribution in [0.25, 0.3) is 17.2 Å². The van der Waals surface area contributed by atoms with Crippen molar-refractivity contribution in [1.82, 2.24) is 4.90 Å². The Morgan fingerprint density at radius 1 is 1.06 bits per heavy atom. The van der Waals surface area contributed by atoms with Gasteiger partial charge >= 0.3 is 5.97 Å². The zero-order valence-corrected chi connectivity index (χ0v) is 20.2. The summed E-state index contributed by atoms with van der Waals surface area (Å²) in [5, 5.41) is 13.3. The SMILES string of the molecule is O=C(CCN1C(=O)/C(=C/c2cc(-c3cc(F)cc(F)c3)cs2)SC1=S)Nc1ccc(C(=O)O)cc1. The Hall–Kier alpha value is -3.41. The molecule has 0 saturated carbocycles. The van der Waals surface area contributed by atoms with Crippen molar-refractivity contribution in [3.05, 3.63) is 80.9 Å². The first kappa shape index (κ1) is 24.7. The van der Waals surface area contributed by atoms with E-state index in [0.717, 1.165) is 17.8 Å². The summed E-state index contributed by atoms with van der Waals surface area (Å²) in [5.74, 6) is -3.08. The highest BCUT2D eigenvalue weighted by Gasteiger charge is 2.32. The van der Waals surface area contributed by atoms with E-state index in [2.05, 4.69) is 5.32 Å². The highest BCUT2D eigenvalue weighted by atomic mass is 32.2. The van der Waals surface area contributed by atoms with E-state index < -0.39 is 17.6 Å². The highest BCUT2D eigenvalue weighted by Crippen LogP contribution is 2.35. The van der Waals surface area contributed by atoms with Crippen molar-refractivity contribution in [3.63, 3.8) is 0 Å². The van der Waals surface area contributed by atoms with E-state index in [-0.39, 0.29) is 30.3 Å². The summed E-state index contributed by atoms with van der Waals surface area (Å²) in [6.45, 7) is 0.0826. The largest absolute Gasteiger partial charge is 0.478 e. The van der Waals surface area contributed by atoms with E-state index >= 15 is 0 Å². The number of anilines is 1. The first-order valence-electron chi connectivity index (χ1n) is 10.1. The topological polar surface area (TPSA) is 86.7 Å². The third-order valence-electron chi connectivity index (χ3n) is 4.94. The number of thiophene rings is 1. The lowest BCUT2D eigenvalue weighted by molar-refractivity contribution is -0.122. The number of carboxylic acids is 1. The first-order valence-corrected chi connectivity index (χ1v) is 12.2. The van der Waals surface area contributed by atoms with Gasteiger partial charge in [-0.3, -0.25) is 14.5 Å². The van der Waals surface area contributed by atoms with Crippen molar-refractivity contribution in [1.29, 1.82) is 0 Å². The lowest BCUT2D eigenvalue weighted by Gasteiger charge is -2.14. The van der Waals surface area contributed by atoms with Crippen LogP contribution in [0, 0.1) is 11.6 Å². The molecule has 2 heterocycles. The Bertz CT molecular complexity index is 1350. The maximum atomic E-state index is 13.5. The number of carbonyl (C=O) groups is 3. The van der Waals surface area contributed by atoms with Crippen molar-refractivity contribution in [2.45, 2.75) is 6.42 Å². The van der Waals surface area contributed by atoms with Crippen LogP contribution in [0.4, 0.5) is 14.5 Å². The van der Waals surface area contributed by atoms with Gasteiger partial charge in [-0.2, -0.15) is 0 Å². The molecule has 0 aliphatic carbocycles. The summed E-state index contributed by atoms with van der Waals surface area (Å²) >= 11 is 7.74. The molecule has 178 valence electrons. The zero-order valence-electron chi connectivity index (χ0n) is 17.8. The highest BCUT2D eigenvalue weighted by molar-refractivity contribution is 8.26. The molecule has 0 bridgehead atoms. The number of nitrogens with one attached hydrogen (secondary N) is 1. The van der Waals surface area contributed by atoms with Gasteiger partial charge in [-0.05, 0) is 65.0 Å². The minimum atomic E-state index is -1.06. The lowest BCUT2D eigenvalue weighted by atomic mass is 10.1. The quantitative estimate of drug-likeness (QED) is 0.305.